The Kier molecular flexibility index (Phi) is 7.39. The van der Waals surface area contributed by atoms with Crippen LogP contribution >= 0.6 is 12.4 Å². The molecule has 8 heteroatoms. The highest BCUT2D eigenvalue weighted by Crippen LogP contribution is 2.16. The molecule has 0 aromatic carbocycles. The highest BCUT2D eigenvalue weighted by molar-refractivity contribution is 7.89. The van der Waals surface area contributed by atoms with Gasteiger partial charge in [0, 0.05) is 25.7 Å². The number of hydrogen-bond donors (Lipinski definition) is 2. The third kappa shape index (κ3) is 5.09. The molecule has 2 N–H and O–H groups in total. The summed E-state index contributed by atoms with van der Waals surface area (Å²) >= 11 is 0. The van der Waals surface area contributed by atoms with Crippen molar-refractivity contribution in [2.45, 2.75) is 38.6 Å². The predicted molar refractivity (Wildman–Crippen MR) is 85.0 cm³/mol. The normalized spacial score (nSPS) is 24.5. The monoisotopic (exact) mass is 339 g/mol. The van der Waals surface area contributed by atoms with Gasteiger partial charge in [-0.15, -0.1) is 12.4 Å². The topological polar surface area (TPSA) is 78.5 Å². The standard InChI is InChI=1S/C13H25N3O3S.ClH/c1-2-9-20(18,19)16-7-4-12(5-8-16)15-13(17)11-3-6-14-10-11;/h11-12,14H,2-10H2,1H3,(H,15,17);1H. The van der Waals surface area contributed by atoms with Crippen molar-refractivity contribution >= 4 is 28.3 Å². The van der Waals surface area contributed by atoms with Crippen LogP contribution in [0.3, 0.4) is 0 Å². The van der Waals surface area contributed by atoms with Crippen LogP contribution in [0.15, 0.2) is 0 Å². The molecular formula is C13H26ClN3O3S. The molecule has 1 unspecified atom stereocenters. The van der Waals surface area contributed by atoms with Crippen LogP contribution in [0, 0.1) is 5.92 Å². The SMILES string of the molecule is CCCS(=O)(=O)N1CCC(NC(=O)C2CCNC2)CC1.Cl. The number of hydrogen-bond acceptors (Lipinski definition) is 4. The van der Waals surface area contributed by atoms with Crippen LogP contribution in [-0.2, 0) is 14.8 Å². The molecule has 2 aliphatic rings. The zero-order chi connectivity index (χ0) is 14.6. The minimum Gasteiger partial charge on any atom is -0.353 e. The van der Waals surface area contributed by atoms with Crippen molar-refractivity contribution in [1.29, 1.82) is 0 Å². The molecule has 0 spiro atoms. The van der Waals surface area contributed by atoms with Gasteiger partial charge in [-0.2, -0.15) is 0 Å². The summed E-state index contributed by atoms with van der Waals surface area (Å²) in [6, 6.07) is 0.121. The first-order valence-electron chi connectivity index (χ1n) is 7.52. The molecule has 0 aliphatic carbocycles. The molecule has 2 fully saturated rings. The molecule has 2 heterocycles. The van der Waals surface area contributed by atoms with Gasteiger partial charge in [0.05, 0.1) is 11.7 Å². The maximum absolute atomic E-state index is 12.0. The van der Waals surface area contributed by atoms with Crippen molar-refractivity contribution in [3.63, 3.8) is 0 Å². The second-order valence-corrected chi connectivity index (χ2v) is 7.78. The van der Waals surface area contributed by atoms with Gasteiger partial charge >= 0.3 is 0 Å². The molecule has 1 amide bonds. The number of nitrogens with one attached hydrogen (secondary N) is 2. The average Bonchev–Trinajstić information content (AvgIpc) is 2.93. The maximum Gasteiger partial charge on any atom is 0.224 e. The van der Waals surface area contributed by atoms with Crippen molar-refractivity contribution in [2.24, 2.45) is 5.92 Å². The number of carbonyl (C=O) groups excluding carboxylic acids is 1. The van der Waals surface area contributed by atoms with E-state index in [0.717, 1.165) is 32.4 Å². The Morgan fingerprint density at radius 1 is 1.29 bits per heavy atom. The summed E-state index contributed by atoms with van der Waals surface area (Å²) in [5.41, 5.74) is 0. The number of piperidine rings is 1. The highest BCUT2D eigenvalue weighted by atomic mass is 35.5. The molecule has 6 nitrogen and oxygen atoms in total. The van der Waals surface area contributed by atoms with E-state index in [0.29, 0.717) is 19.5 Å². The first-order chi connectivity index (χ1) is 9.53. The molecule has 0 saturated carbocycles. The minimum atomic E-state index is -3.09. The number of carbonyl (C=O) groups is 1. The number of amides is 1. The Labute approximate surface area is 133 Å². The van der Waals surface area contributed by atoms with E-state index in [1.54, 1.807) is 4.31 Å². The highest BCUT2D eigenvalue weighted by Gasteiger charge is 2.30. The van der Waals surface area contributed by atoms with E-state index in [1.165, 1.54) is 0 Å². The first kappa shape index (κ1) is 18.7. The number of halogens is 1. The van der Waals surface area contributed by atoms with E-state index in [1.807, 2.05) is 6.92 Å². The van der Waals surface area contributed by atoms with Crippen molar-refractivity contribution in [1.82, 2.24) is 14.9 Å². The van der Waals surface area contributed by atoms with Gasteiger partial charge in [-0.3, -0.25) is 4.79 Å². The zero-order valence-electron chi connectivity index (χ0n) is 12.5. The van der Waals surface area contributed by atoms with Crippen LogP contribution in [-0.4, -0.2) is 56.6 Å². The van der Waals surface area contributed by atoms with E-state index in [9.17, 15) is 13.2 Å². The lowest BCUT2D eigenvalue weighted by atomic mass is 10.0. The third-order valence-electron chi connectivity index (χ3n) is 4.09. The zero-order valence-corrected chi connectivity index (χ0v) is 14.1. The maximum atomic E-state index is 12.0. The van der Waals surface area contributed by atoms with Crippen molar-refractivity contribution < 1.29 is 13.2 Å². The van der Waals surface area contributed by atoms with Gasteiger partial charge in [0.25, 0.3) is 0 Å². The summed E-state index contributed by atoms with van der Waals surface area (Å²) in [5.74, 6) is 0.416. The fourth-order valence-corrected chi connectivity index (χ4v) is 4.40. The van der Waals surface area contributed by atoms with Crippen LogP contribution in [0.25, 0.3) is 0 Å². The summed E-state index contributed by atoms with van der Waals surface area (Å²) in [7, 11) is -3.09. The lowest BCUT2D eigenvalue weighted by Crippen LogP contribution is -2.48. The minimum absolute atomic E-state index is 0. The van der Waals surface area contributed by atoms with Gasteiger partial charge in [0.2, 0.25) is 15.9 Å². The molecule has 0 bridgehead atoms. The van der Waals surface area contributed by atoms with Crippen molar-refractivity contribution in [3.8, 4) is 0 Å². The van der Waals surface area contributed by atoms with Crippen molar-refractivity contribution in [3.05, 3.63) is 0 Å². The predicted octanol–water partition coefficient (Wildman–Crippen LogP) is 0.338. The van der Waals surface area contributed by atoms with E-state index in [4.69, 9.17) is 0 Å². The second kappa shape index (κ2) is 8.31. The summed E-state index contributed by atoms with van der Waals surface area (Å²) < 4.78 is 25.5. The Morgan fingerprint density at radius 3 is 2.48 bits per heavy atom. The van der Waals surface area contributed by atoms with Gasteiger partial charge in [-0.25, -0.2) is 12.7 Å². The van der Waals surface area contributed by atoms with Gasteiger partial charge in [0.1, 0.15) is 0 Å². The van der Waals surface area contributed by atoms with Gasteiger partial charge in [-0.1, -0.05) is 6.92 Å². The fraction of sp³-hybridized carbons (Fsp3) is 0.923. The average molecular weight is 340 g/mol. The van der Waals surface area contributed by atoms with Crippen LogP contribution < -0.4 is 10.6 Å². The molecule has 21 heavy (non-hydrogen) atoms. The van der Waals surface area contributed by atoms with E-state index in [-0.39, 0.29) is 36.0 Å². The number of sulfonamides is 1. The molecule has 0 radical (unpaired) electrons. The Balaban J connectivity index is 0.00000220. The third-order valence-corrected chi connectivity index (χ3v) is 6.16. The van der Waals surface area contributed by atoms with Gasteiger partial charge in [0.15, 0.2) is 0 Å². The lowest BCUT2D eigenvalue weighted by molar-refractivity contribution is -0.125. The molecule has 124 valence electrons. The second-order valence-electron chi connectivity index (χ2n) is 5.69. The lowest BCUT2D eigenvalue weighted by Gasteiger charge is -2.32. The Hall–Kier alpha value is -0.370. The van der Waals surface area contributed by atoms with Crippen LogP contribution in [0.4, 0.5) is 0 Å². The Bertz CT molecular complexity index is 430. The van der Waals surface area contributed by atoms with Crippen molar-refractivity contribution in [2.75, 3.05) is 31.9 Å². The quantitative estimate of drug-likeness (QED) is 0.757. The number of nitrogens with zero attached hydrogens (tertiary/aromatic N) is 1. The smallest absolute Gasteiger partial charge is 0.224 e. The molecule has 2 rings (SSSR count). The van der Waals surface area contributed by atoms with E-state index in [2.05, 4.69) is 10.6 Å². The van der Waals surface area contributed by atoms with E-state index >= 15 is 0 Å². The van der Waals surface area contributed by atoms with Crippen LogP contribution in [0.1, 0.15) is 32.6 Å². The van der Waals surface area contributed by atoms with Gasteiger partial charge in [-0.05, 0) is 32.2 Å². The molecule has 2 aliphatic heterocycles. The van der Waals surface area contributed by atoms with Crippen LogP contribution in [0.2, 0.25) is 0 Å². The van der Waals surface area contributed by atoms with E-state index < -0.39 is 10.0 Å². The molecule has 1 atom stereocenters. The number of rotatable bonds is 5. The fourth-order valence-electron chi connectivity index (χ4n) is 2.86. The van der Waals surface area contributed by atoms with Crippen LogP contribution in [0.5, 0.6) is 0 Å². The summed E-state index contributed by atoms with van der Waals surface area (Å²) in [6.45, 7) is 4.59. The summed E-state index contributed by atoms with van der Waals surface area (Å²) in [4.78, 5) is 12.0. The summed E-state index contributed by atoms with van der Waals surface area (Å²) in [5, 5.41) is 6.25. The Morgan fingerprint density at radius 2 is 1.95 bits per heavy atom. The largest absolute Gasteiger partial charge is 0.353 e. The summed E-state index contributed by atoms with van der Waals surface area (Å²) in [6.07, 6.45) is 2.98. The molecule has 0 aromatic heterocycles. The first-order valence-corrected chi connectivity index (χ1v) is 9.12. The molecule has 0 aromatic rings. The molecule has 2 saturated heterocycles. The molecular weight excluding hydrogens is 314 g/mol. The van der Waals surface area contributed by atoms with Gasteiger partial charge < -0.3 is 10.6 Å².